The van der Waals surface area contributed by atoms with Crippen LogP contribution >= 0.6 is 0 Å². The minimum atomic E-state index is -0.782. The summed E-state index contributed by atoms with van der Waals surface area (Å²) in [4.78, 5) is 37.9. The average molecular weight is 1100 g/mol. The Labute approximate surface area is 491 Å². The fourth-order valence-electron chi connectivity index (χ4n) is 10.1. The predicted octanol–water partition coefficient (Wildman–Crippen LogP) is 23.7. The smallest absolute Gasteiger partial charge is 0.306 e. The molecule has 0 aromatic heterocycles. The summed E-state index contributed by atoms with van der Waals surface area (Å²) in [5.74, 6) is -0.900. The lowest BCUT2D eigenvalue weighted by Crippen LogP contribution is -2.30. The van der Waals surface area contributed by atoms with Crippen LogP contribution < -0.4 is 0 Å². The van der Waals surface area contributed by atoms with Crippen LogP contribution in [-0.2, 0) is 28.6 Å². The third kappa shape index (κ3) is 65.5. The van der Waals surface area contributed by atoms with E-state index in [9.17, 15) is 14.4 Å². The van der Waals surface area contributed by atoms with Crippen molar-refractivity contribution in [1.29, 1.82) is 0 Å². The number of esters is 3. The molecule has 1 unspecified atom stereocenters. The molecule has 0 aliphatic carbocycles. The van der Waals surface area contributed by atoms with Crippen LogP contribution in [0.25, 0.3) is 0 Å². The molecule has 0 radical (unpaired) electrons. The second-order valence-corrected chi connectivity index (χ2v) is 23.1. The molecule has 0 saturated heterocycles. The maximum atomic E-state index is 12.8. The Bertz CT molecular complexity index is 1450. The van der Waals surface area contributed by atoms with Crippen LogP contribution in [0.5, 0.6) is 0 Å². The summed E-state index contributed by atoms with van der Waals surface area (Å²) in [5, 5.41) is 0. The highest BCUT2D eigenvalue weighted by atomic mass is 16.6. The Balaban J connectivity index is 3.92. The zero-order valence-electron chi connectivity index (χ0n) is 52.6. The molecular weight excluding hydrogens is 973 g/mol. The number of rotatable bonds is 63. The fourth-order valence-corrected chi connectivity index (χ4v) is 10.1. The van der Waals surface area contributed by atoms with Crippen molar-refractivity contribution < 1.29 is 28.6 Å². The maximum Gasteiger partial charge on any atom is 0.306 e. The molecule has 0 aliphatic heterocycles. The van der Waals surface area contributed by atoms with Crippen LogP contribution in [0.15, 0.2) is 72.9 Å². The third-order valence-electron chi connectivity index (χ3n) is 15.2. The zero-order chi connectivity index (χ0) is 57.1. The van der Waals surface area contributed by atoms with Gasteiger partial charge in [0.15, 0.2) is 6.10 Å². The lowest BCUT2D eigenvalue weighted by molar-refractivity contribution is -0.167. The van der Waals surface area contributed by atoms with E-state index in [0.29, 0.717) is 19.3 Å². The molecule has 0 aromatic carbocycles. The number of hydrogen-bond acceptors (Lipinski definition) is 6. The minimum Gasteiger partial charge on any atom is -0.462 e. The molecule has 1 atom stereocenters. The van der Waals surface area contributed by atoms with Crippen LogP contribution in [0.4, 0.5) is 0 Å². The normalized spacial score (nSPS) is 12.5. The Hall–Kier alpha value is -3.15. The summed E-state index contributed by atoms with van der Waals surface area (Å²) in [6, 6.07) is 0. The van der Waals surface area contributed by atoms with Crippen molar-refractivity contribution in [2.45, 2.75) is 361 Å². The highest BCUT2D eigenvalue weighted by Gasteiger charge is 2.19. The molecule has 0 amide bonds. The Morgan fingerprint density at radius 2 is 0.494 bits per heavy atom. The van der Waals surface area contributed by atoms with Crippen LogP contribution in [0, 0.1) is 0 Å². The average Bonchev–Trinajstić information content (AvgIpc) is 3.45. The van der Waals surface area contributed by atoms with Gasteiger partial charge in [-0.15, -0.1) is 0 Å². The van der Waals surface area contributed by atoms with E-state index >= 15 is 0 Å². The summed E-state index contributed by atoms with van der Waals surface area (Å²) in [7, 11) is 0. The van der Waals surface area contributed by atoms with Gasteiger partial charge >= 0.3 is 17.9 Å². The summed E-state index contributed by atoms with van der Waals surface area (Å²) in [6.45, 7) is 6.46. The van der Waals surface area contributed by atoms with Gasteiger partial charge < -0.3 is 14.2 Å². The van der Waals surface area contributed by atoms with E-state index in [0.717, 1.165) is 116 Å². The van der Waals surface area contributed by atoms with Gasteiger partial charge in [0.05, 0.1) is 0 Å². The Kier molecular flexibility index (Phi) is 64.7. The Morgan fingerprint density at radius 3 is 0.785 bits per heavy atom. The summed E-state index contributed by atoms with van der Waals surface area (Å²) in [6.07, 6.45) is 88.6. The molecule has 0 heterocycles. The highest BCUT2D eigenvalue weighted by molar-refractivity contribution is 5.71. The molecule has 0 fully saturated rings. The highest BCUT2D eigenvalue weighted by Crippen LogP contribution is 2.18. The fraction of sp³-hybridized carbons (Fsp3) is 0.795. The van der Waals surface area contributed by atoms with E-state index in [-0.39, 0.29) is 31.1 Å². The summed E-state index contributed by atoms with van der Waals surface area (Å²) < 4.78 is 16.8. The van der Waals surface area contributed by atoms with E-state index in [1.807, 2.05) is 0 Å². The molecule has 0 spiro atoms. The number of carbonyl (C=O) groups excluding carboxylic acids is 3. The van der Waals surface area contributed by atoms with E-state index in [1.165, 1.54) is 199 Å². The van der Waals surface area contributed by atoms with Crippen molar-refractivity contribution in [2.24, 2.45) is 0 Å². The van der Waals surface area contributed by atoms with Gasteiger partial charge in [-0.3, -0.25) is 14.4 Å². The Morgan fingerprint density at radius 1 is 0.266 bits per heavy atom. The van der Waals surface area contributed by atoms with Crippen molar-refractivity contribution in [1.82, 2.24) is 0 Å². The largest absolute Gasteiger partial charge is 0.462 e. The molecule has 0 rings (SSSR count). The van der Waals surface area contributed by atoms with E-state index in [4.69, 9.17) is 14.2 Å². The molecule has 6 heteroatoms. The molecule has 0 aliphatic rings. The summed E-state index contributed by atoms with van der Waals surface area (Å²) in [5.41, 5.74) is 0. The molecule has 0 aromatic rings. The SMILES string of the molecule is CC/C=C\C/C=C\C/C=C\C/C=C\C/C=C\CCCCCCCC(=O)OC(COC(=O)CCCCCCC)COC(=O)CCCCCCCCCCCCCCCCCCCCCCCCC/C=C\CCCCCCCCCC. The van der Waals surface area contributed by atoms with Gasteiger partial charge in [-0.25, -0.2) is 0 Å². The van der Waals surface area contributed by atoms with E-state index in [2.05, 4.69) is 93.7 Å². The molecule has 0 bridgehead atoms. The van der Waals surface area contributed by atoms with Gasteiger partial charge in [-0.05, 0) is 89.9 Å². The van der Waals surface area contributed by atoms with Crippen LogP contribution in [0.1, 0.15) is 355 Å². The van der Waals surface area contributed by atoms with Crippen molar-refractivity contribution in [2.75, 3.05) is 13.2 Å². The standard InChI is InChI=1S/C73H130O6/c1-4-7-10-13-15-17-19-21-23-25-27-29-30-31-32-33-34-35-36-37-38-39-40-41-42-44-45-47-49-51-53-55-57-60-63-66-72(75)78-69-70(68-77-71(74)65-62-59-12-9-6-3)79-73(76)67-64-61-58-56-54-52-50-48-46-43-28-26-24-22-20-18-16-14-11-8-5-2/h8,11,16,18,22,24-25,27-28,43,48,50,70H,4-7,9-10,12-15,17,19-21,23,26,29-42,44-47,49,51-69H2,1-3H3/b11-8-,18-16-,24-22-,27-25-,43-28-,50-48-. The predicted molar refractivity (Wildman–Crippen MR) is 344 cm³/mol. The van der Waals surface area contributed by atoms with Crippen molar-refractivity contribution in [3.05, 3.63) is 72.9 Å². The van der Waals surface area contributed by atoms with Gasteiger partial charge in [0.25, 0.3) is 0 Å². The van der Waals surface area contributed by atoms with Gasteiger partial charge in [0, 0.05) is 19.3 Å². The van der Waals surface area contributed by atoms with Crippen molar-refractivity contribution in [3.63, 3.8) is 0 Å². The first kappa shape index (κ1) is 75.8. The minimum absolute atomic E-state index is 0.0807. The van der Waals surface area contributed by atoms with Crippen LogP contribution in [0.3, 0.4) is 0 Å². The molecule has 0 saturated carbocycles. The molecule has 0 N–H and O–H groups in total. The molecule has 6 nitrogen and oxygen atoms in total. The molecular formula is C73H130O6. The lowest BCUT2D eigenvalue weighted by atomic mass is 10.0. The number of hydrogen-bond donors (Lipinski definition) is 0. The molecule has 458 valence electrons. The van der Waals surface area contributed by atoms with Gasteiger partial charge in [-0.2, -0.15) is 0 Å². The van der Waals surface area contributed by atoms with E-state index in [1.54, 1.807) is 0 Å². The quantitative estimate of drug-likeness (QED) is 0.0261. The third-order valence-corrected chi connectivity index (χ3v) is 15.2. The van der Waals surface area contributed by atoms with Crippen LogP contribution in [-0.4, -0.2) is 37.2 Å². The summed E-state index contributed by atoms with van der Waals surface area (Å²) >= 11 is 0. The van der Waals surface area contributed by atoms with Gasteiger partial charge in [0.1, 0.15) is 13.2 Å². The first-order valence-electron chi connectivity index (χ1n) is 34.4. The number of ether oxygens (including phenoxy) is 3. The monoisotopic (exact) mass is 1100 g/mol. The topological polar surface area (TPSA) is 78.9 Å². The van der Waals surface area contributed by atoms with Crippen LogP contribution in [0.2, 0.25) is 0 Å². The first-order valence-corrected chi connectivity index (χ1v) is 34.4. The van der Waals surface area contributed by atoms with Crippen molar-refractivity contribution >= 4 is 17.9 Å². The van der Waals surface area contributed by atoms with E-state index < -0.39 is 6.10 Å². The lowest BCUT2D eigenvalue weighted by Gasteiger charge is -2.18. The number of allylic oxidation sites excluding steroid dienone is 12. The maximum absolute atomic E-state index is 12.8. The second kappa shape index (κ2) is 67.4. The molecule has 79 heavy (non-hydrogen) atoms. The van der Waals surface area contributed by atoms with Gasteiger partial charge in [0.2, 0.25) is 0 Å². The number of carbonyl (C=O) groups is 3. The van der Waals surface area contributed by atoms with Gasteiger partial charge in [-0.1, -0.05) is 318 Å². The second-order valence-electron chi connectivity index (χ2n) is 23.1. The zero-order valence-corrected chi connectivity index (χ0v) is 52.6. The van der Waals surface area contributed by atoms with Crippen molar-refractivity contribution in [3.8, 4) is 0 Å². The first-order chi connectivity index (χ1) is 39.0. The number of unbranched alkanes of at least 4 members (excludes halogenated alkanes) is 40.